The first-order chi connectivity index (χ1) is 16.2. The Balaban J connectivity index is 1.47. The number of halogens is 1. The molecule has 0 aliphatic carbocycles. The van der Waals surface area contributed by atoms with E-state index in [0.717, 1.165) is 15.3 Å². The number of fused-ring (bicyclic) bond motifs is 1. The molecule has 0 bridgehead atoms. The van der Waals surface area contributed by atoms with Gasteiger partial charge in [0.15, 0.2) is 0 Å². The molecule has 0 spiro atoms. The maximum Gasteiger partial charge on any atom is 0.339 e. The van der Waals surface area contributed by atoms with Crippen LogP contribution in [0.4, 0.5) is 5.69 Å². The molecular weight excluding hydrogens is 480 g/mol. The Kier molecular flexibility index (Phi) is 6.41. The van der Waals surface area contributed by atoms with Crippen LogP contribution >= 0.6 is 11.6 Å². The minimum Gasteiger partial charge on any atom is -0.460 e. The van der Waals surface area contributed by atoms with Gasteiger partial charge in [0.25, 0.3) is 21.8 Å². The number of sulfonamides is 1. The number of benzene rings is 3. The Morgan fingerprint density at radius 3 is 2.15 bits per heavy atom. The van der Waals surface area contributed by atoms with Crippen LogP contribution in [0.25, 0.3) is 0 Å². The van der Waals surface area contributed by atoms with Crippen LogP contribution < -0.4 is 4.31 Å². The predicted octanol–water partition coefficient (Wildman–Crippen LogP) is 3.62. The molecule has 34 heavy (non-hydrogen) atoms. The summed E-state index contributed by atoms with van der Waals surface area (Å²) in [6, 6.07) is 18.6. The summed E-state index contributed by atoms with van der Waals surface area (Å²) in [6.45, 7) is -0.425. The van der Waals surface area contributed by atoms with Crippen molar-refractivity contribution in [2.24, 2.45) is 0 Å². The molecule has 0 aromatic heterocycles. The van der Waals surface area contributed by atoms with Gasteiger partial charge in [-0.1, -0.05) is 41.9 Å². The van der Waals surface area contributed by atoms with Crippen molar-refractivity contribution in [1.82, 2.24) is 4.90 Å². The van der Waals surface area contributed by atoms with Crippen LogP contribution in [0.3, 0.4) is 0 Å². The van der Waals surface area contributed by atoms with Crippen molar-refractivity contribution in [1.29, 1.82) is 0 Å². The largest absolute Gasteiger partial charge is 0.460 e. The summed E-state index contributed by atoms with van der Waals surface area (Å²) in [5, 5.41) is 0.00652. The number of imide groups is 1. The van der Waals surface area contributed by atoms with E-state index in [2.05, 4.69) is 0 Å². The van der Waals surface area contributed by atoms with Gasteiger partial charge >= 0.3 is 5.97 Å². The average Bonchev–Trinajstić information content (AvgIpc) is 3.09. The van der Waals surface area contributed by atoms with Crippen molar-refractivity contribution in [3.05, 3.63) is 94.5 Å². The third kappa shape index (κ3) is 4.27. The minimum atomic E-state index is -3.97. The average molecular weight is 499 g/mol. The lowest BCUT2D eigenvalue weighted by Gasteiger charge is -2.20. The van der Waals surface area contributed by atoms with E-state index in [0.29, 0.717) is 16.8 Å². The van der Waals surface area contributed by atoms with E-state index in [-0.39, 0.29) is 28.6 Å². The van der Waals surface area contributed by atoms with Gasteiger partial charge in [0.05, 0.1) is 38.8 Å². The Morgan fingerprint density at radius 1 is 0.941 bits per heavy atom. The molecule has 0 radical (unpaired) electrons. The zero-order chi connectivity index (χ0) is 24.5. The number of para-hydroxylation sites is 1. The van der Waals surface area contributed by atoms with Crippen LogP contribution in [0.5, 0.6) is 0 Å². The highest BCUT2D eigenvalue weighted by atomic mass is 35.5. The Labute approximate surface area is 201 Å². The normalized spacial score (nSPS) is 13.1. The van der Waals surface area contributed by atoms with Crippen molar-refractivity contribution in [3.63, 3.8) is 0 Å². The fraction of sp³-hybridized carbons (Fsp3) is 0.125. The van der Waals surface area contributed by atoms with Gasteiger partial charge in [-0.3, -0.25) is 18.8 Å². The van der Waals surface area contributed by atoms with Crippen molar-refractivity contribution >= 4 is 45.1 Å². The topological polar surface area (TPSA) is 101 Å². The highest BCUT2D eigenvalue weighted by molar-refractivity contribution is 7.92. The van der Waals surface area contributed by atoms with E-state index in [9.17, 15) is 22.8 Å². The number of nitrogens with zero attached hydrogens (tertiary/aromatic N) is 2. The van der Waals surface area contributed by atoms with Gasteiger partial charge in [-0.05, 0) is 42.5 Å². The summed E-state index contributed by atoms with van der Waals surface area (Å²) in [4.78, 5) is 38.3. The van der Waals surface area contributed by atoms with Gasteiger partial charge in [0.1, 0.15) is 6.61 Å². The highest BCUT2D eigenvalue weighted by Crippen LogP contribution is 2.26. The van der Waals surface area contributed by atoms with E-state index >= 15 is 0 Å². The molecule has 1 aliphatic rings. The number of hydrogen-bond donors (Lipinski definition) is 0. The van der Waals surface area contributed by atoms with Gasteiger partial charge in [0.2, 0.25) is 0 Å². The van der Waals surface area contributed by atoms with E-state index in [1.165, 1.54) is 19.2 Å². The first-order valence-corrected chi connectivity index (χ1v) is 12.0. The zero-order valence-corrected chi connectivity index (χ0v) is 19.5. The van der Waals surface area contributed by atoms with Crippen LogP contribution in [-0.2, 0) is 14.8 Å². The summed E-state index contributed by atoms with van der Waals surface area (Å²) in [7, 11) is -2.57. The summed E-state index contributed by atoms with van der Waals surface area (Å²) in [6.07, 6.45) is 0. The molecule has 3 aromatic rings. The molecule has 0 unspecified atom stereocenters. The third-order valence-electron chi connectivity index (χ3n) is 5.36. The Hall–Kier alpha value is -3.69. The molecule has 1 aliphatic heterocycles. The molecule has 0 N–H and O–H groups in total. The second kappa shape index (κ2) is 9.28. The molecule has 3 aromatic carbocycles. The zero-order valence-electron chi connectivity index (χ0n) is 18.0. The molecule has 8 nitrogen and oxygen atoms in total. The van der Waals surface area contributed by atoms with Crippen molar-refractivity contribution in [2.45, 2.75) is 4.90 Å². The lowest BCUT2D eigenvalue weighted by molar-refractivity contribution is 0.0420. The highest BCUT2D eigenvalue weighted by Gasteiger charge is 2.35. The molecule has 174 valence electrons. The molecule has 10 heteroatoms. The number of carbonyl (C=O) groups excluding carboxylic acids is 3. The van der Waals surface area contributed by atoms with E-state index in [4.69, 9.17) is 16.3 Å². The fourth-order valence-electron chi connectivity index (χ4n) is 3.51. The third-order valence-corrected chi connectivity index (χ3v) is 7.47. The lowest BCUT2D eigenvalue weighted by atomic mass is 10.1. The molecule has 0 fully saturated rings. The van der Waals surface area contributed by atoms with Crippen LogP contribution in [0.1, 0.15) is 31.1 Å². The van der Waals surface area contributed by atoms with Crippen LogP contribution in [0.2, 0.25) is 5.02 Å². The quantitative estimate of drug-likeness (QED) is 0.364. The SMILES string of the molecule is CN(c1ccccc1)S(=O)(=O)c1ccc(Cl)c(C(=O)OCCN2C(=O)c3ccccc3C2=O)c1. The second-order valence-electron chi connectivity index (χ2n) is 7.39. The van der Waals surface area contributed by atoms with Crippen LogP contribution in [0, 0.1) is 0 Å². The Morgan fingerprint density at radius 2 is 1.53 bits per heavy atom. The van der Waals surface area contributed by atoms with Crippen molar-refractivity contribution in [3.8, 4) is 0 Å². The number of anilines is 1. The van der Waals surface area contributed by atoms with E-state index in [1.807, 2.05) is 0 Å². The number of carbonyl (C=O) groups is 3. The predicted molar refractivity (Wildman–Crippen MR) is 126 cm³/mol. The first kappa shape index (κ1) is 23.5. The maximum atomic E-state index is 13.0. The fourth-order valence-corrected chi connectivity index (χ4v) is 4.92. The van der Waals surface area contributed by atoms with Gasteiger partial charge in [-0.2, -0.15) is 0 Å². The second-order valence-corrected chi connectivity index (χ2v) is 9.77. The minimum absolute atomic E-state index is 0.00652. The molecule has 4 rings (SSSR count). The monoisotopic (exact) mass is 498 g/mol. The summed E-state index contributed by atoms with van der Waals surface area (Å²) < 4.78 is 32.4. The summed E-state index contributed by atoms with van der Waals surface area (Å²) in [5.41, 5.74) is 0.888. The van der Waals surface area contributed by atoms with E-state index in [1.54, 1.807) is 54.6 Å². The van der Waals surface area contributed by atoms with Crippen LogP contribution in [-0.4, -0.2) is 51.3 Å². The van der Waals surface area contributed by atoms with Gasteiger partial charge < -0.3 is 4.74 Å². The van der Waals surface area contributed by atoms with Crippen molar-refractivity contribution < 1.29 is 27.5 Å². The summed E-state index contributed by atoms with van der Waals surface area (Å²) in [5.74, 6) is -1.81. The molecule has 0 saturated carbocycles. The van der Waals surface area contributed by atoms with Gasteiger partial charge in [-0.15, -0.1) is 0 Å². The van der Waals surface area contributed by atoms with Crippen molar-refractivity contribution in [2.75, 3.05) is 24.5 Å². The number of rotatable bonds is 7. The number of ether oxygens (including phenoxy) is 1. The number of esters is 1. The first-order valence-electron chi connectivity index (χ1n) is 10.2. The van der Waals surface area contributed by atoms with Crippen LogP contribution in [0.15, 0.2) is 77.7 Å². The Bertz CT molecular complexity index is 1360. The molecule has 0 saturated heterocycles. The lowest BCUT2D eigenvalue weighted by Crippen LogP contribution is -2.33. The van der Waals surface area contributed by atoms with Gasteiger partial charge in [0, 0.05) is 7.05 Å². The molecule has 0 atom stereocenters. The van der Waals surface area contributed by atoms with Gasteiger partial charge in [-0.25, -0.2) is 13.2 Å². The summed E-state index contributed by atoms with van der Waals surface area (Å²) >= 11 is 6.12. The smallest absolute Gasteiger partial charge is 0.339 e. The number of hydrogen-bond acceptors (Lipinski definition) is 6. The molecular formula is C24H19ClN2O6S. The number of amides is 2. The molecule has 1 heterocycles. The standard InChI is InChI=1S/C24H19ClN2O6S/c1-26(16-7-3-2-4-8-16)34(31,32)17-11-12-21(25)20(15-17)24(30)33-14-13-27-22(28)18-9-5-6-10-19(18)23(27)29/h2-12,15H,13-14H2,1H3. The maximum absolute atomic E-state index is 13.0. The molecule has 2 amide bonds. The van der Waals surface area contributed by atoms with E-state index < -0.39 is 27.8 Å².